The number of benzene rings is 2. The van der Waals surface area contributed by atoms with Crippen LogP contribution in [-0.4, -0.2) is 32.0 Å². The molecule has 3 rings (SSSR count). The summed E-state index contributed by atoms with van der Waals surface area (Å²) in [4.78, 5) is 35.1. The Hall–Kier alpha value is -4.14. The molecule has 0 aliphatic rings. The average Bonchev–Trinajstić information content (AvgIpc) is 2.75. The number of nitrogens with zero attached hydrogens (tertiary/aromatic N) is 1. The van der Waals surface area contributed by atoms with E-state index in [-0.39, 0.29) is 22.2 Å². The number of hydrogen-bond donors (Lipinski definition) is 0. The van der Waals surface area contributed by atoms with E-state index in [9.17, 15) is 19.7 Å². The fourth-order valence-electron chi connectivity index (χ4n) is 2.86. The van der Waals surface area contributed by atoms with Crippen LogP contribution in [0.4, 0.5) is 5.69 Å². The van der Waals surface area contributed by atoms with E-state index in [4.69, 9.17) is 18.6 Å². The van der Waals surface area contributed by atoms with E-state index in [2.05, 4.69) is 0 Å². The zero-order valence-corrected chi connectivity index (χ0v) is 16.3. The van der Waals surface area contributed by atoms with Gasteiger partial charge in [0.05, 0.1) is 26.3 Å². The number of methoxy groups -OCH3 is 3. The largest absolute Gasteiger partial charge is 0.493 e. The molecule has 1 heterocycles. The molecule has 0 unspecified atom stereocenters. The Morgan fingerprint density at radius 3 is 2.27 bits per heavy atom. The van der Waals surface area contributed by atoms with Gasteiger partial charge < -0.3 is 18.6 Å². The van der Waals surface area contributed by atoms with Gasteiger partial charge in [0.1, 0.15) is 11.1 Å². The first-order valence-electron chi connectivity index (χ1n) is 8.62. The van der Waals surface area contributed by atoms with E-state index in [1.165, 1.54) is 57.7 Å². The molecule has 0 radical (unpaired) electrons. The molecule has 154 valence electrons. The second-order valence-electron chi connectivity index (χ2n) is 6.08. The van der Waals surface area contributed by atoms with Crippen molar-refractivity contribution in [3.8, 4) is 17.2 Å². The van der Waals surface area contributed by atoms with Crippen molar-refractivity contribution in [2.24, 2.45) is 0 Å². The van der Waals surface area contributed by atoms with Crippen LogP contribution in [0.25, 0.3) is 17.0 Å². The first kappa shape index (κ1) is 20.6. The minimum absolute atomic E-state index is 0.149. The van der Waals surface area contributed by atoms with Crippen LogP contribution in [0.2, 0.25) is 0 Å². The molecule has 9 heteroatoms. The summed E-state index contributed by atoms with van der Waals surface area (Å²) in [5, 5.41) is 11.2. The van der Waals surface area contributed by atoms with Crippen molar-refractivity contribution in [3.05, 3.63) is 74.1 Å². The standard InChI is InChI=1S/C21H17NO8/c1-27-18-8-12(9-19(28-2)20(18)29-3)4-6-16(23)15-11-13-10-14(22(25)26)5-7-17(13)30-21(15)24/h4-11H,1-3H3/b6-4+. The summed E-state index contributed by atoms with van der Waals surface area (Å²) in [6.45, 7) is 0. The van der Waals surface area contributed by atoms with Crippen molar-refractivity contribution in [1.29, 1.82) is 0 Å². The third-order valence-electron chi connectivity index (χ3n) is 4.31. The SMILES string of the molecule is COc1cc(/C=C/C(=O)c2cc3cc([N+](=O)[O-])ccc3oc2=O)cc(OC)c1OC. The van der Waals surface area contributed by atoms with Gasteiger partial charge in [-0.05, 0) is 35.9 Å². The van der Waals surface area contributed by atoms with E-state index in [1.807, 2.05) is 0 Å². The maximum absolute atomic E-state index is 12.6. The number of rotatable bonds is 7. The minimum Gasteiger partial charge on any atom is -0.493 e. The van der Waals surface area contributed by atoms with E-state index < -0.39 is 16.3 Å². The Bertz CT molecular complexity index is 1200. The summed E-state index contributed by atoms with van der Waals surface area (Å²) in [5.74, 6) is 0.592. The molecule has 3 aromatic rings. The molecular weight excluding hydrogens is 394 g/mol. The number of fused-ring (bicyclic) bond motifs is 1. The van der Waals surface area contributed by atoms with E-state index in [0.29, 0.717) is 22.8 Å². The lowest BCUT2D eigenvalue weighted by molar-refractivity contribution is -0.384. The second-order valence-corrected chi connectivity index (χ2v) is 6.08. The smallest absolute Gasteiger partial charge is 0.347 e. The number of hydrogen-bond acceptors (Lipinski definition) is 8. The summed E-state index contributed by atoms with van der Waals surface area (Å²) in [7, 11) is 4.41. The summed E-state index contributed by atoms with van der Waals surface area (Å²) < 4.78 is 20.9. The molecule has 0 N–H and O–H groups in total. The maximum atomic E-state index is 12.6. The summed E-state index contributed by atoms with van der Waals surface area (Å²) >= 11 is 0. The van der Waals surface area contributed by atoms with E-state index in [0.717, 1.165) is 0 Å². The van der Waals surface area contributed by atoms with Gasteiger partial charge in [-0.3, -0.25) is 14.9 Å². The molecule has 30 heavy (non-hydrogen) atoms. The van der Waals surface area contributed by atoms with Crippen molar-refractivity contribution < 1.29 is 28.3 Å². The van der Waals surface area contributed by atoms with Crippen molar-refractivity contribution in [2.75, 3.05) is 21.3 Å². The van der Waals surface area contributed by atoms with Crippen molar-refractivity contribution >= 4 is 28.5 Å². The third-order valence-corrected chi connectivity index (χ3v) is 4.31. The van der Waals surface area contributed by atoms with Gasteiger partial charge in [0.25, 0.3) is 5.69 Å². The normalized spacial score (nSPS) is 10.9. The summed E-state index contributed by atoms with van der Waals surface area (Å²) in [5.41, 5.74) is -0.542. The molecule has 0 atom stereocenters. The van der Waals surface area contributed by atoms with Crippen LogP contribution >= 0.6 is 0 Å². The minimum atomic E-state index is -0.837. The Kier molecular flexibility index (Phi) is 5.82. The zero-order chi connectivity index (χ0) is 21.8. The topological polar surface area (TPSA) is 118 Å². The van der Waals surface area contributed by atoms with Crippen molar-refractivity contribution in [3.63, 3.8) is 0 Å². The lowest BCUT2D eigenvalue weighted by atomic mass is 10.1. The molecule has 1 aromatic heterocycles. The van der Waals surface area contributed by atoms with Gasteiger partial charge in [-0.15, -0.1) is 0 Å². The predicted octanol–water partition coefficient (Wildman–Crippen LogP) is 3.62. The zero-order valence-electron chi connectivity index (χ0n) is 16.3. The predicted molar refractivity (Wildman–Crippen MR) is 109 cm³/mol. The average molecular weight is 411 g/mol. The summed E-state index contributed by atoms with van der Waals surface area (Å²) in [6, 6.07) is 8.31. The lowest BCUT2D eigenvalue weighted by Crippen LogP contribution is -2.12. The van der Waals surface area contributed by atoms with Crippen LogP contribution < -0.4 is 19.8 Å². The Balaban J connectivity index is 1.98. The second kappa shape index (κ2) is 8.48. The highest BCUT2D eigenvalue weighted by Crippen LogP contribution is 2.38. The number of nitro benzene ring substituents is 1. The molecule has 2 aromatic carbocycles. The molecule has 0 saturated heterocycles. The molecule has 0 bridgehead atoms. The first-order valence-corrected chi connectivity index (χ1v) is 8.62. The number of carbonyl (C=O) groups is 1. The van der Waals surface area contributed by atoms with Gasteiger partial charge in [-0.2, -0.15) is 0 Å². The Morgan fingerprint density at radius 1 is 1.03 bits per heavy atom. The van der Waals surface area contributed by atoms with Crippen LogP contribution in [0.3, 0.4) is 0 Å². The number of carbonyl (C=O) groups excluding carboxylic acids is 1. The van der Waals surface area contributed by atoms with Crippen LogP contribution in [0.1, 0.15) is 15.9 Å². The maximum Gasteiger partial charge on any atom is 0.347 e. The molecular formula is C21H17NO8. The first-order chi connectivity index (χ1) is 14.4. The van der Waals surface area contributed by atoms with Gasteiger partial charge in [-0.1, -0.05) is 6.08 Å². The number of allylic oxidation sites excluding steroid dienone is 1. The Morgan fingerprint density at radius 2 is 1.70 bits per heavy atom. The fourth-order valence-corrected chi connectivity index (χ4v) is 2.86. The quantitative estimate of drug-likeness (QED) is 0.190. The van der Waals surface area contributed by atoms with Crippen LogP contribution in [0.5, 0.6) is 17.2 Å². The monoisotopic (exact) mass is 411 g/mol. The molecule has 0 saturated carbocycles. The number of ketones is 1. The molecule has 0 fully saturated rings. The van der Waals surface area contributed by atoms with Gasteiger partial charge in [0.2, 0.25) is 5.75 Å². The van der Waals surface area contributed by atoms with Gasteiger partial charge in [-0.25, -0.2) is 4.79 Å². The number of nitro groups is 1. The lowest BCUT2D eigenvalue weighted by Gasteiger charge is -2.12. The van der Waals surface area contributed by atoms with E-state index in [1.54, 1.807) is 12.1 Å². The number of ether oxygens (including phenoxy) is 3. The number of non-ortho nitro benzene ring substituents is 1. The van der Waals surface area contributed by atoms with E-state index >= 15 is 0 Å². The molecule has 0 spiro atoms. The summed E-state index contributed by atoms with van der Waals surface area (Å²) in [6.07, 6.45) is 2.67. The third kappa shape index (κ3) is 4.00. The molecule has 9 nitrogen and oxygen atoms in total. The molecule has 0 aliphatic heterocycles. The van der Waals surface area contributed by atoms with Crippen LogP contribution in [0, 0.1) is 10.1 Å². The van der Waals surface area contributed by atoms with Gasteiger partial charge in [0, 0.05) is 17.5 Å². The van der Waals surface area contributed by atoms with Gasteiger partial charge >= 0.3 is 5.63 Å². The van der Waals surface area contributed by atoms with Crippen molar-refractivity contribution in [2.45, 2.75) is 0 Å². The molecule has 0 amide bonds. The fraction of sp³-hybridized carbons (Fsp3) is 0.143. The van der Waals surface area contributed by atoms with Gasteiger partial charge in [0.15, 0.2) is 17.3 Å². The highest BCUT2D eigenvalue weighted by molar-refractivity contribution is 6.07. The highest BCUT2D eigenvalue weighted by atomic mass is 16.6. The highest BCUT2D eigenvalue weighted by Gasteiger charge is 2.15. The van der Waals surface area contributed by atoms with Crippen LogP contribution in [0.15, 0.2) is 51.7 Å². The molecule has 0 aliphatic carbocycles. The Labute approximate surface area is 170 Å². The van der Waals surface area contributed by atoms with Crippen molar-refractivity contribution in [1.82, 2.24) is 0 Å². The van der Waals surface area contributed by atoms with Crippen LogP contribution in [-0.2, 0) is 0 Å².